The normalized spacial score (nSPS) is 54.0. The molecule has 6 nitrogen and oxygen atoms in total. The Labute approximate surface area is 209 Å². The smallest absolute Gasteiger partial charge is 0.315 e. The van der Waals surface area contributed by atoms with E-state index in [1.807, 2.05) is 0 Å². The zero-order chi connectivity index (χ0) is 24.9. The fraction of sp³-hybridized carbons (Fsp3) is 0.862. The number of ether oxygens (including phenoxy) is 3. The number of fused-ring (bicyclic) bond motifs is 3. The highest BCUT2D eigenvalue weighted by Crippen LogP contribution is 2.82. The lowest BCUT2D eigenvalue weighted by atomic mass is 9.43. The standard InChI is InChI=1S/C29H42O6/c1-15(2)23-8-19-10-27(13-30)22-7-6-16(3)21(22)11-28(19,29(23,27)26(31)32)14-34-24-9-20-17(4)12-33-25(20)18(5)35-24/h8,13,15-22,24-25H,6-7,9-12,14H2,1-5H3,(H,31,32)/t16?,17-,18-,19?,20-,21?,22?,24-,25-,27?,28?,29?/m1/s1. The van der Waals surface area contributed by atoms with Crippen LogP contribution in [0, 0.1) is 57.7 Å². The Morgan fingerprint density at radius 1 is 1.20 bits per heavy atom. The number of hydrogen-bond acceptors (Lipinski definition) is 5. The molecule has 0 amide bonds. The number of aliphatic carboxylic acids is 1. The van der Waals surface area contributed by atoms with Crippen molar-refractivity contribution in [1.29, 1.82) is 0 Å². The zero-order valence-corrected chi connectivity index (χ0v) is 21.9. The number of allylic oxidation sites excluding steroid dienone is 1. The van der Waals surface area contributed by atoms with Crippen molar-refractivity contribution >= 4 is 12.3 Å². The number of hydrogen-bond donors (Lipinski definition) is 1. The van der Waals surface area contributed by atoms with Crippen molar-refractivity contribution < 1.29 is 28.9 Å². The lowest BCUT2D eigenvalue weighted by Crippen LogP contribution is -2.63. The van der Waals surface area contributed by atoms with Gasteiger partial charge in [0.05, 0.1) is 30.8 Å². The van der Waals surface area contributed by atoms with Gasteiger partial charge in [-0.25, -0.2) is 0 Å². The van der Waals surface area contributed by atoms with Crippen molar-refractivity contribution in [3.8, 4) is 0 Å². The van der Waals surface area contributed by atoms with Gasteiger partial charge in [-0.15, -0.1) is 0 Å². The summed E-state index contributed by atoms with van der Waals surface area (Å²) in [4.78, 5) is 26.7. The van der Waals surface area contributed by atoms with Crippen LogP contribution < -0.4 is 0 Å². The van der Waals surface area contributed by atoms with E-state index in [1.165, 1.54) is 0 Å². The van der Waals surface area contributed by atoms with Crippen molar-refractivity contribution in [2.75, 3.05) is 13.2 Å². The summed E-state index contributed by atoms with van der Waals surface area (Å²) in [5.74, 6) is 1.22. The van der Waals surface area contributed by atoms with Crippen LogP contribution in [0.5, 0.6) is 0 Å². The van der Waals surface area contributed by atoms with Crippen LogP contribution in [0.3, 0.4) is 0 Å². The minimum atomic E-state index is -1.18. The van der Waals surface area contributed by atoms with E-state index in [-0.39, 0.29) is 36.3 Å². The van der Waals surface area contributed by atoms with Gasteiger partial charge in [-0.2, -0.15) is 0 Å². The average Bonchev–Trinajstić information content (AvgIpc) is 3.50. The van der Waals surface area contributed by atoms with Gasteiger partial charge in [-0.05, 0) is 67.6 Å². The highest BCUT2D eigenvalue weighted by atomic mass is 16.7. The number of carbonyl (C=O) groups excluding carboxylic acids is 1. The Bertz CT molecular complexity index is 943. The molecular formula is C29H42O6. The van der Waals surface area contributed by atoms with Crippen LogP contribution in [0.4, 0.5) is 0 Å². The van der Waals surface area contributed by atoms with Crippen LogP contribution in [-0.2, 0) is 23.8 Å². The highest BCUT2D eigenvalue weighted by molar-refractivity contribution is 5.90. The number of carbonyl (C=O) groups is 2. The van der Waals surface area contributed by atoms with Gasteiger partial charge in [0.15, 0.2) is 6.29 Å². The maximum absolute atomic E-state index is 13.5. The first-order valence-corrected chi connectivity index (χ1v) is 13.9. The predicted molar refractivity (Wildman–Crippen MR) is 129 cm³/mol. The van der Waals surface area contributed by atoms with E-state index < -0.39 is 22.2 Å². The first-order valence-electron chi connectivity index (χ1n) is 13.9. The molecule has 7 unspecified atom stereocenters. The Morgan fingerprint density at radius 2 is 1.97 bits per heavy atom. The van der Waals surface area contributed by atoms with E-state index >= 15 is 0 Å². The quantitative estimate of drug-likeness (QED) is 0.432. The molecule has 3 saturated carbocycles. The van der Waals surface area contributed by atoms with Crippen molar-refractivity contribution in [2.45, 2.75) is 85.2 Å². The van der Waals surface area contributed by atoms with Crippen LogP contribution in [0.25, 0.3) is 0 Å². The zero-order valence-electron chi connectivity index (χ0n) is 21.9. The number of aldehydes is 1. The molecule has 35 heavy (non-hydrogen) atoms. The maximum Gasteiger partial charge on any atom is 0.315 e. The molecule has 2 saturated heterocycles. The first-order chi connectivity index (χ1) is 16.6. The van der Waals surface area contributed by atoms with Crippen molar-refractivity contribution in [1.82, 2.24) is 0 Å². The number of carboxylic acid groups (broad SMARTS) is 1. The van der Waals surface area contributed by atoms with Gasteiger partial charge in [0.2, 0.25) is 0 Å². The average molecular weight is 487 g/mol. The molecule has 0 aromatic rings. The third kappa shape index (κ3) is 2.77. The molecule has 4 bridgehead atoms. The molecule has 2 aliphatic heterocycles. The largest absolute Gasteiger partial charge is 0.481 e. The number of rotatable bonds is 6. The third-order valence-corrected chi connectivity index (χ3v) is 11.6. The molecule has 12 atom stereocenters. The van der Waals surface area contributed by atoms with Crippen LogP contribution in [-0.4, -0.2) is 49.1 Å². The fourth-order valence-electron chi connectivity index (χ4n) is 10.3. The summed E-state index contributed by atoms with van der Waals surface area (Å²) in [6.07, 6.45) is 7.32. The van der Waals surface area contributed by atoms with Gasteiger partial charge in [0.25, 0.3) is 0 Å². The topological polar surface area (TPSA) is 82.1 Å². The molecule has 2 heterocycles. The fourth-order valence-corrected chi connectivity index (χ4v) is 10.3. The molecule has 1 N–H and O–H groups in total. The molecule has 6 aliphatic rings. The molecule has 0 aromatic carbocycles. The molecule has 5 fully saturated rings. The molecule has 0 aromatic heterocycles. The van der Waals surface area contributed by atoms with E-state index in [9.17, 15) is 14.7 Å². The van der Waals surface area contributed by atoms with Gasteiger partial charge in [0.1, 0.15) is 11.7 Å². The van der Waals surface area contributed by atoms with Gasteiger partial charge in [0, 0.05) is 11.8 Å². The second-order valence-electron chi connectivity index (χ2n) is 13.2. The minimum absolute atomic E-state index is 0.0426. The molecule has 0 spiro atoms. The van der Waals surface area contributed by atoms with Gasteiger partial charge in [-0.3, -0.25) is 4.79 Å². The van der Waals surface area contributed by atoms with E-state index in [4.69, 9.17) is 14.2 Å². The van der Waals surface area contributed by atoms with Crippen molar-refractivity contribution in [3.63, 3.8) is 0 Å². The van der Waals surface area contributed by atoms with E-state index in [0.29, 0.717) is 36.7 Å². The summed E-state index contributed by atoms with van der Waals surface area (Å²) in [6.45, 7) is 11.9. The first kappa shape index (κ1) is 24.1. The highest BCUT2D eigenvalue weighted by Gasteiger charge is 2.84. The van der Waals surface area contributed by atoms with Gasteiger partial charge in [-0.1, -0.05) is 45.8 Å². The van der Waals surface area contributed by atoms with E-state index in [2.05, 4.69) is 40.7 Å². The lowest BCUT2D eigenvalue weighted by molar-refractivity contribution is -0.251. The summed E-state index contributed by atoms with van der Waals surface area (Å²) in [7, 11) is 0. The molecule has 194 valence electrons. The monoisotopic (exact) mass is 486 g/mol. The Hall–Kier alpha value is -1.24. The summed E-state index contributed by atoms with van der Waals surface area (Å²) in [5, 5.41) is 11.1. The SMILES string of the molecule is CC(C)C1=CC2CC3(C=O)C4CCC(C)C4CC2(CO[C@H]2C[C@H]4[C@H](OC[C@H]4C)[C@@H](C)O2)C13C(=O)O. The Balaban J connectivity index is 1.39. The summed E-state index contributed by atoms with van der Waals surface area (Å²) in [6, 6.07) is 0. The molecular weight excluding hydrogens is 444 g/mol. The van der Waals surface area contributed by atoms with Crippen molar-refractivity contribution in [3.05, 3.63) is 11.6 Å². The van der Waals surface area contributed by atoms with Crippen LogP contribution in [0.2, 0.25) is 0 Å². The van der Waals surface area contributed by atoms with Gasteiger partial charge < -0.3 is 24.1 Å². The van der Waals surface area contributed by atoms with E-state index in [0.717, 1.165) is 44.1 Å². The van der Waals surface area contributed by atoms with Crippen molar-refractivity contribution in [2.24, 2.45) is 57.7 Å². The molecule has 4 aliphatic carbocycles. The van der Waals surface area contributed by atoms with E-state index in [1.54, 1.807) is 0 Å². The van der Waals surface area contributed by atoms with Crippen LogP contribution >= 0.6 is 0 Å². The maximum atomic E-state index is 13.5. The van der Waals surface area contributed by atoms with Gasteiger partial charge >= 0.3 is 5.97 Å². The lowest BCUT2D eigenvalue weighted by Gasteiger charge is -2.58. The third-order valence-electron chi connectivity index (χ3n) is 11.6. The van der Waals surface area contributed by atoms with Crippen LogP contribution in [0.1, 0.15) is 66.7 Å². The molecule has 6 rings (SSSR count). The summed E-state index contributed by atoms with van der Waals surface area (Å²) < 4.78 is 18.9. The Kier molecular flexibility index (Phi) is 5.43. The second kappa shape index (κ2) is 7.88. The Morgan fingerprint density at radius 3 is 2.66 bits per heavy atom. The predicted octanol–water partition coefficient (Wildman–Crippen LogP) is 4.71. The molecule has 6 heteroatoms. The minimum Gasteiger partial charge on any atom is -0.481 e. The summed E-state index contributed by atoms with van der Waals surface area (Å²) in [5.41, 5.74) is -1.65. The number of carboxylic acids is 1. The summed E-state index contributed by atoms with van der Waals surface area (Å²) >= 11 is 0. The van der Waals surface area contributed by atoms with Crippen LogP contribution in [0.15, 0.2) is 11.6 Å². The second-order valence-corrected chi connectivity index (χ2v) is 13.2. The molecule has 0 radical (unpaired) electrons.